The van der Waals surface area contributed by atoms with Crippen LogP contribution in [0.3, 0.4) is 0 Å². The lowest BCUT2D eigenvalue weighted by Gasteiger charge is -2.19. The van der Waals surface area contributed by atoms with Crippen molar-refractivity contribution in [3.8, 4) is 5.75 Å². The third-order valence-corrected chi connectivity index (χ3v) is 5.11. The Kier molecular flexibility index (Phi) is 5.29. The molecule has 0 saturated heterocycles. The molecule has 5 heteroatoms. The fourth-order valence-electron chi connectivity index (χ4n) is 3.50. The number of aromatic nitrogens is 2. The van der Waals surface area contributed by atoms with Gasteiger partial charge in [-0.05, 0) is 35.9 Å². The molecule has 0 fully saturated rings. The summed E-state index contributed by atoms with van der Waals surface area (Å²) in [4.78, 5) is 17.7. The van der Waals surface area contributed by atoms with E-state index in [-0.39, 0.29) is 11.9 Å². The maximum atomic E-state index is 12.9. The quantitative estimate of drug-likeness (QED) is 0.538. The summed E-state index contributed by atoms with van der Waals surface area (Å²) in [6.07, 6.45) is 0.588. The molecule has 1 atom stereocenters. The van der Waals surface area contributed by atoms with Crippen molar-refractivity contribution >= 4 is 16.9 Å². The molecule has 0 aliphatic carbocycles. The molecule has 5 nitrogen and oxygen atoms in total. The van der Waals surface area contributed by atoms with Crippen LogP contribution in [0.1, 0.15) is 27.8 Å². The smallest absolute Gasteiger partial charge is 0.251 e. The number of nitrogens with zero attached hydrogens (tertiary/aromatic N) is 2. The number of imidazole rings is 1. The highest BCUT2D eigenvalue weighted by molar-refractivity contribution is 5.94. The molecule has 0 unspecified atom stereocenters. The number of rotatable bonds is 6. The van der Waals surface area contributed by atoms with Crippen LogP contribution in [0, 0.1) is 0 Å². The third-order valence-electron chi connectivity index (χ3n) is 5.11. The van der Waals surface area contributed by atoms with Gasteiger partial charge >= 0.3 is 0 Å². The van der Waals surface area contributed by atoms with Gasteiger partial charge in [-0.15, -0.1) is 0 Å². The predicted molar refractivity (Wildman–Crippen MR) is 114 cm³/mol. The van der Waals surface area contributed by atoms with Crippen LogP contribution in [-0.2, 0) is 13.5 Å². The predicted octanol–water partition coefficient (Wildman–Crippen LogP) is 4.30. The molecule has 0 aliphatic rings. The summed E-state index contributed by atoms with van der Waals surface area (Å²) < 4.78 is 7.33. The Labute approximate surface area is 170 Å². The number of carbonyl (C=O) groups excluding carboxylic acids is 1. The maximum Gasteiger partial charge on any atom is 0.251 e. The second kappa shape index (κ2) is 8.19. The molecule has 4 rings (SSSR count). The molecule has 1 N–H and O–H groups in total. The van der Waals surface area contributed by atoms with E-state index in [1.165, 1.54) is 0 Å². The van der Waals surface area contributed by atoms with Gasteiger partial charge in [0, 0.05) is 19.0 Å². The van der Waals surface area contributed by atoms with Crippen molar-refractivity contribution < 1.29 is 9.53 Å². The molecule has 1 amide bonds. The van der Waals surface area contributed by atoms with Crippen LogP contribution in [0.25, 0.3) is 11.0 Å². The number of aryl methyl sites for hydroxylation is 1. The number of methoxy groups -OCH3 is 1. The van der Waals surface area contributed by atoms with Gasteiger partial charge in [0.1, 0.15) is 11.6 Å². The van der Waals surface area contributed by atoms with Gasteiger partial charge < -0.3 is 14.6 Å². The van der Waals surface area contributed by atoms with E-state index in [0.717, 1.165) is 22.4 Å². The van der Waals surface area contributed by atoms with Gasteiger partial charge in [0.25, 0.3) is 5.91 Å². The van der Waals surface area contributed by atoms with Crippen LogP contribution >= 0.6 is 0 Å². The van der Waals surface area contributed by atoms with Crippen LogP contribution in [-0.4, -0.2) is 22.6 Å². The molecular formula is C24H23N3O2. The average Bonchev–Trinajstić information content (AvgIpc) is 3.09. The zero-order valence-electron chi connectivity index (χ0n) is 16.5. The minimum Gasteiger partial charge on any atom is -0.497 e. The molecule has 1 heterocycles. The summed E-state index contributed by atoms with van der Waals surface area (Å²) in [5.41, 5.74) is 3.63. The highest BCUT2D eigenvalue weighted by Crippen LogP contribution is 2.22. The molecule has 29 heavy (non-hydrogen) atoms. The van der Waals surface area contributed by atoms with E-state index < -0.39 is 0 Å². The highest BCUT2D eigenvalue weighted by atomic mass is 16.5. The summed E-state index contributed by atoms with van der Waals surface area (Å²) in [6, 6.07) is 25.0. The molecular weight excluding hydrogens is 362 g/mol. The van der Waals surface area contributed by atoms with Gasteiger partial charge in [0.15, 0.2) is 0 Å². The summed E-state index contributed by atoms with van der Waals surface area (Å²) >= 11 is 0. The summed E-state index contributed by atoms with van der Waals surface area (Å²) in [5, 5.41) is 3.17. The maximum absolute atomic E-state index is 12.9. The number of hydrogen-bond acceptors (Lipinski definition) is 3. The lowest BCUT2D eigenvalue weighted by atomic mass is 10.0. The van der Waals surface area contributed by atoms with Crippen LogP contribution < -0.4 is 10.1 Å². The van der Waals surface area contributed by atoms with Crippen LogP contribution in [0.15, 0.2) is 78.9 Å². The first-order valence-corrected chi connectivity index (χ1v) is 9.56. The van der Waals surface area contributed by atoms with Crippen molar-refractivity contribution in [1.29, 1.82) is 0 Å². The Bertz CT molecular complexity index is 1140. The molecule has 0 radical (unpaired) electrons. The normalized spacial score (nSPS) is 11.9. The van der Waals surface area contributed by atoms with Crippen molar-refractivity contribution in [3.63, 3.8) is 0 Å². The fourth-order valence-corrected chi connectivity index (χ4v) is 3.50. The molecule has 0 spiro atoms. The van der Waals surface area contributed by atoms with E-state index in [4.69, 9.17) is 9.72 Å². The van der Waals surface area contributed by atoms with Crippen LogP contribution in [0.2, 0.25) is 0 Å². The highest BCUT2D eigenvalue weighted by Gasteiger charge is 2.19. The number of hydrogen-bond donors (Lipinski definition) is 1. The van der Waals surface area contributed by atoms with E-state index >= 15 is 0 Å². The van der Waals surface area contributed by atoms with Gasteiger partial charge in [0.2, 0.25) is 0 Å². The largest absolute Gasteiger partial charge is 0.497 e. The Hall–Kier alpha value is -3.60. The molecule has 1 aromatic heterocycles. The number of nitrogens with one attached hydrogen (secondary N) is 1. The number of carbonyl (C=O) groups is 1. The van der Waals surface area contributed by atoms with E-state index in [9.17, 15) is 4.79 Å². The summed E-state index contributed by atoms with van der Waals surface area (Å²) in [6.45, 7) is 0. The van der Waals surface area contributed by atoms with E-state index in [0.29, 0.717) is 17.7 Å². The number of para-hydroxylation sites is 2. The number of amides is 1. The van der Waals surface area contributed by atoms with Crippen molar-refractivity contribution in [1.82, 2.24) is 14.9 Å². The monoisotopic (exact) mass is 385 g/mol. The topological polar surface area (TPSA) is 56.1 Å². The van der Waals surface area contributed by atoms with Gasteiger partial charge in [-0.1, -0.05) is 48.5 Å². The van der Waals surface area contributed by atoms with Crippen molar-refractivity contribution in [2.24, 2.45) is 7.05 Å². The molecule has 4 aromatic rings. The Morgan fingerprint density at radius 2 is 1.79 bits per heavy atom. The van der Waals surface area contributed by atoms with Crippen LogP contribution in [0.5, 0.6) is 5.75 Å². The first-order valence-electron chi connectivity index (χ1n) is 9.56. The lowest BCUT2D eigenvalue weighted by Crippen LogP contribution is -2.30. The molecule has 0 saturated carbocycles. The SMILES string of the molecule is COc1cccc(C(=O)N[C@H](Cc2nc3ccccc3n2C)c2ccccc2)c1. The van der Waals surface area contributed by atoms with Crippen molar-refractivity contribution in [2.45, 2.75) is 12.5 Å². The van der Waals surface area contributed by atoms with Gasteiger partial charge in [-0.25, -0.2) is 4.98 Å². The zero-order chi connectivity index (χ0) is 20.2. The summed E-state index contributed by atoms with van der Waals surface area (Å²) in [5.74, 6) is 1.44. The zero-order valence-corrected chi connectivity index (χ0v) is 16.5. The minimum atomic E-state index is -0.203. The molecule has 3 aromatic carbocycles. The Morgan fingerprint density at radius 3 is 2.55 bits per heavy atom. The van der Waals surface area contributed by atoms with Gasteiger partial charge in [-0.3, -0.25) is 4.79 Å². The van der Waals surface area contributed by atoms with Crippen molar-refractivity contribution in [3.05, 3.63) is 95.8 Å². The third kappa shape index (κ3) is 3.99. The van der Waals surface area contributed by atoms with Gasteiger partial charge in [0.05, 0.1) is 24.2 Å². The first kappa shape index (κ1) is 18.7. The van der Waals surface area contributed by atoms with Crippen molar-refractivity contribution in [2.75, 3.05) is 7.11 Å². The van der Waals surface area contributed by atoms with Crippen LogP contribution in [0.4, 0.5) is 0 Å². The standard InChI is InChI=1S/C24H23N3O2/c1-27-22-14-7-6-13-20(22)25-23(27)16-21(17-9-4-3-5-10-17)26-24(28)18-11-8-12-19(15-18)29-2/h3-15,21H,16H2,1-2H3,(H,26,28)/t21-/m1/s1. The Morgan fingerprint density at radius 1 is 1.03 bits per heavy atom. The number of benzene rings is 3. The fraction of sp³-hybridized carbons (Fsp3) is 0.167. The molecule has 0 bridgehead atoms. The van der Waals surface area contributed by atoms with Gasteiger partial charge in [-0.2, -0.15) is 0 Å². The molecule has 0 aliphatic heterocycles. The lowest BCUT2D eigenvalue weighted by molar-refractivity contribution is 0.0935. The first-order chi connectivity index (χ1) is 14.2. The van der Waals surface area contributed by atoms with E-state index in [1.807, 2.05) is 67.7 Å². The number of fused-ring (bicyclic) bond motifs is 1. The summed E-state index contributed by atoms with van der Waals surface area (Å²) in [7, 11) is 3.60. The number of ether oxygens (including phenoxy) is 1. The second-order valence-corrected chi connectivity index (χ2v) is 6.95. The Balaban J connectivity index is 1.65. The van der Waals surface area contributed by atoms with E-state index in [1.54, 1.807) is 19.2 Å². The average molecular weight is 385 g/mol. The molecule has 146 valence electrons. The van der Waals surface area contributed by atoms with E-state index in [2.05, 4.69) is 16.0 Å². The minimum absolute atomic E-state index is 0.142. The second-order valence-electron chi connectivity index (χ2n) is 6.95.